The zero-order chi connectivity index (χ0) is 18.6. The third-order valence-corrected chi connectivity index (χ3v) is 4.59. The molecule has 1 aliphatic heterocycles. The Balaban J connectivity index is 1.41. The molecular formula is C19H20N6O2. The summed E-state index contributed by atoms with van der Waals surface area (Å²) in [5.41, 5.74) is 0.571. The van der Waals surface area contributed by atoms with Gasteiger partial charge in [0.25, 0.3) is 5.91 Å². The second-order valence-corrected chi connectivity index (χ2v) is 6.19. The van der Waals surface area contributed by atoms with Gasteiger partial charge in [-0.3, -0.25) is 4.79 Å². The Labute approximate surface area is 157 Å². The van der Waals surface area contributed by atoms with Crippen molar-refractivity contribution in [3.8, 4) is 11.7 Å². The Morgan fingerprint density at radius 2 is 1.74 bits per heavy atom. The number of carbonyl (C=O) groups is 1. The van der Waals surface area contributed by atoms with E-state index in [1.807, 2.05) is 40.1 Å². The highest BCUT2D eigenvalue weighted by atomic mass is 16.5. The lowest BCUT2D eigenvalue weighted by Crippen LogP contribution is -2.49. The van der Waals surface area contributed by atoms with Gasteiger partial charge >= 0.3 is 0 Å². The molecular weight excluding hydrogens is 344 g/mol. The number of hydrogen-bond acceptors (Lipinski definition) is 6. The Morgan fingerprint density at radius 3 is 2.41 bits per heavy atom. The van der Waals surface area contributed by atoms with Gasteiger partial charge < -0.3 is 19.1 Å². The Hall–Kier alpha value is -3.42. The maximum Gasteiger partial charge on any atom is 0.255 e. The van der Waals surface area contributed by atoms with Crippen molar-refractivity contribution in [1.29, 1.82) is 0 Å². The lowest BCUT2D eigenvalue weighted by Gasteiger charge is -2.35. The van der Waals surface area contributed by atoms with E-state index >= 15 is 0 Å². The topological polar surface area (TPSA) is 76.4 Å². The van der Waals surface area contributed by atoms with E-state index in [1.165, 1.54) is 0 Å². The summed E-state index contributed by atoms with van der Waals surface area (Å²) in [6, 6.07) is 9.33. The number of methoxy groups -OCH3 is 1. The van der Waals surface area contributed by atoms with Gasteiger partial charge in [-0.2, -0.15) is 0 Å². The van der Waals surface area contributed by atoms with Gasteiger partial charge in [-0.1, -0.05) is 0 Å². The standard InChI is InChI=1S/C19H20N6O2/c1-27-18-5-4-15(13-20-18)19(26)25-10-8-24(9-11-25)17-12-16(21-14-22-17)23-6-2-3-7-23/h2-7,12-14H,8-11H2,1H3. The van der Waals surface area contributed by atoms with Crippen LogP contribution >= 0.6 is 0 Å². The highest BCUT2D eigenvalue weighted by molar-refractivity contribution is 5.94. The number of pyridine rings is 1. The van der Waals surface area contributed by atoms with Crippen LogP contribution in [0.4, 0.5) is 5.82 Å². The number of rotatable bonds is 4. The molecule has 0 aromatic carbocycles. The fourth-order valence-electron chi connectivity index (χ4n) is 3.09. The molecule has 0 N–H and O–H groups in total. The van der Waals surface area contributed by atoms with Crippen LogP contribution in [0.3, 0.4) is 0 Å². The zero-order valence-electron chi connectivity index (χ0n) is 15.0. The van der Waals surface area contributed by atoms with Gasteiger partial charge in [0.1, 0.15) is 18.0 Å². The molecule has 0 bridgehead atoms. The first kappa shape index (κ1) is 17.0. The highest BCUT2D eigenvalue weighted by Gasteiger charge is 2.23. The van der Waals surface area contributed by atoms with Crippen LogP contribution in [-0.2, 0) is 0 Å². The van der Waals surface area contributed by atoms with E-state index in [-0.39, 0.29) is 5.91 Å². The first-order chi connectivity index (χ1) is 13.2. The molecule has 0 unspecified atom stereocenters. The maximum atomic E-state index is 12.6. The van der Waals surface area contributed by atoms with E-state index in [4.69, 9.17) is 4.74 Å². The van der Waals surface area contributed by atoms with Crippen LogP contribution in [0.15, 0.2) is 55.2 Å². The van der Waals surface area contributed by atoms with Crippen LogP contribution in [0.5, 0.6) is 5.88 Å². The number of ether oxygens (including phenoxy) is 1. The summed E-state index contributed by atoms with van der Waals surface area (Å²) < 4.78 is 6.98. The van der Waals surface area contributed by atoms with E-state index in [0.29, 0.717) is 24.5 Å². The molecule has 1 amide bonds. The van der Waals surface area contributed by atoms with Crippen molar-refractivity contribution in [1.82, 2.24) is 24.4 Å². The van der Waals surface area contributed by atoms with Crippen LogP contribution in [0, 0.1) is 0 Å². The van der Waals surface area contributed by atoms with Crippen molar-refractivity contribution in [2.45, 2.75) is 0 Å². The smallest absolute Gasteiger partial charge is 0.255 e. The quantitative estimate of drug-likeness (QED) is 0.700. The van der Waals surface area contributed by atoms with Crippen LogP contribution < -0.4 is 9.64 Å². The number of nitrogens with zero attached hydrogens (tertiary/aromatic N) is 6. The fraction of sp³-hybridized carbons (Fsp3) is 0.263. The molecule has 4 rings (SSSR count). The third kappa shape index (κ3) is 3.59. The second-order valence-electron chi connectivity index (χ2n) is 6.19. The van der Waals surface area contributed by atoms with E-state index in [9.17, 15) is 4.79 Å². The van der Waals surface area contributed by atoms with E-state index in [0.717, 1.165) is 24.7 Å². The number of aromatic nitrogens is 4. The fourth-order valence-corrected chi connectivity index (χ4v) is 3.09. The molecule has 0 radical (unpaired) electrons. The number of hydrogen-bond donors (Lipinski definition) is 0. The number of piperazine rings is 1. The summed E-state index contributed by atoms with van der Waals surface area (Å²) in [6.07, 6.45) is 7.03. The summed E-state index contributed by atoms with van der Waals surface area (Å²) in [4.78, 5) is 29.5. The molecule has 8 nitrogen and oxygen atoms in total. The summed E-state index contributed by atoms with van der Waals surface area (Å²) in [5.74, 6) is 2.18. The highest BCUT2D eigenvalue weighted by Crippen LogP contribution is 2.17. The average molecular weight is 364 g/mol. The van der Waals surface area contributed by atoms with Crippen molar-refractivity contribution >= 4 is 11.7 Å². The second kappa shape index (κ2) is 7.45. The maximum absolute atomic E-state index is 12.6. The molecule has 0 spiro atoms. The molecule has 1 fully saturated rings. The van der Waals surface area contributed by atoms with Crippen molar-refractivity contribution in [3.63, 3.8) is 0 Å². The number of amides is 1. The van der Waals surface area contributed by atoms with Crippen LogP contribution in [0.25, 0.3) is 5.82 Å². The lowest BCUT2D eigenvalue weighted by atomic mass is 10.2. The van der Waals surface area contributed by atoms with Crippen molar-refractivity contribution in [2.75, 3.05) is 38.2 Å². The van der Waals surface area contributed by atoms with Gasteiger partial charge in [0.15, 0.2) is 0 Å². The van der Waals surface area contributed by atoms with Crippen LogP contribution in [0.1, 0.15) is 10.4 Å². The summed E-state index contributed by atoms with van der Waals surface area (Å²) >= 11 is 0. The molecule has 1 saturated heterocycles. The third-order valence-electron chi connectivity index (χ3n) is 4.59. The van der Waals surface area contributed by atoms with Crippen LogP contribution in [-0.4, -0.2) is 63.6 Å². The van der Waals surface area contributed by atoms with E-state index in [1.54, 1.807) is 31.8 Å². The molecule has 3 aromatic heterocycles. The normalized spacial score (nSPS) is 14.3. The Kier molecular flexibility index (Phi) is 4.69. The van der Waals surface area contributed by atoms with E-state index < -0.39 is 0 Å². The first-order valence-corrected chi connectivity index (χ1v) is 8.74. The minimum absolute atomic E-state index is 0.0134. The predicted octanol–water partition coefficient (Wildman–Crippen LogP) is 1.63. The number of anilines is 1. The molecule has 1 aliphatic rings. The van der Waals surface area contributed by atoms with Gasteiger partial charge in [0.05, 0.1) is 12.7 Å². The molecule has 0 saturated carbocycles. The SMILES string of the molecule is COc1ccc(C(=O)N2CCN(c3cc(-n4cccc4)ncn3)CC2)cn1. The van der Waals surface area contributed by atoms with Gasteiger partial charge in [0, 0.05) is 56.9 Å². The zero-order valence-corrected chi connectivity index (χ0v) is 15.0. The van der Waals surface area contributed by atoms with Crippen molar-refractivity contribution in [2.24, 2.45) is 0 Å². The molecule has 3 aromatic rings. The first-order valence-electron chi connectivity index (χ1n) is 8.74. The minimum Gasteiger partial charge on any atom is -0.481 e. The molecule has 0 atom stereocenters. The number of carbonyl (C=O) groups excluding carboxylic acids is 1. The van der Waals surface area contributed by atoms with Gasteiger partial charge in [-0.25, -0.2) is 15.0 Å². The molecule has 138 valence electrons. The summed E-state index contributed by atoms with van der Waals surface area (Å²) in [6.45, 7) is 2.70. The monoisotopic (exact) mass is 364 g/mol. The summed E-state index contributed by atoms with van der Waals surface area (Å²) in [7, 11) is 1.55. The van der Waals surface area contributed by atoms with Gasteiger partial charge in [-0.15, -0.1) is 0 Å². The molecule has 0 aliphatic carbocycles. The summed E-state index contributed by atoms with van der Waals surface area (Å²) in [5, 5.41) is 0. The molecule has 27 heavy (non-hydrogen) atoms. The lowest BCUT2D eigenvalue weighted by molar-refractivity contribution is 0.0746. The van der Waals surface area contributed by atoms with Gasteiger partial charge in [0.2, 0.25) is 5.88 Å². The molecule has 8 heteroatoms. The van der Waals surface area contributed by atoms with Crippen molar-refractivity contribution in [3.05, 3.63) is 60.8 Å². The largest absolute Gasteiger partial charge is 0.481 e. The predicted molar refractivity (Wildman–Crippen MR) is 100 cm³/mol. The molecule has 4 heterocycles. The van der Waals surface area contributed by atoms with E-state index in [2.05, 4.69) is 19.9 Å². The average Bonchev–Trinajstić information content (AvgIpc) is 3.29. The van der Waals surface area contributed by atoms with Crippen molar-refractivity contribution < 1.29 is 9.53 Å². The van der Waals surface area contributed by atoms with Gasteiger partial charge in [-0.05, 0) is 18.2 Å². The van der Waals surface area contributed by atoms with Crippen LogP contribution in [0.2, 0.25) is 0 Å². The minimum atomic E-state index is -0.0134. The Bertz CT molecular complexity index is 902. The Morgan fingerprint density at radius 1 is 1.00 bits per heavy atom.